The second-order valence-electron chi connectivity index (χ2n) is 6.26. The smallest absolute Gasteiger partial charge is 0.395 e. The van der Waals surface area contributed by atoms with Crippen LogP contribution < -0.4 is 14.8 Å². The number of pyridine rings is 1. The summed E-state index contributed by atoms with van der Waals surface area (Å²) in [5, 5.41) is 3.12. The molecule has 0 unspecified atom stereocenters. The number of halogens is 4. The first-order valence-electron chi connectivity index (χ1n) is 8.56. The van der Waals surface area contributed by atoms with E-state index in [-0.39, 0.29) is 16.5 Å². The Hall–Kier alpha value is -3.19. The number of anilines is 1. The highest BCUT2D eigenvalue weighted by atomic mass is 35.5. The largest absolute Gasteiger partial charge is 0.586 e. The van der Waals surface area contributed by atoms with Gasteiger partial charge in [0.05, 0.1) is 5.02 Å². The Morgan fingerprint density at radius 2 is 1.90 bits per heavy atom. The highest BCUT2D eigenvalue weighted by molar-refractivity contribution is 6.31. The standard InChI is InChI=1S/C21H14ClF3N2O2/c1-2-12-8-17-18(29-21(24,25)28-17)9-15(12)13-6-7-19(26-10-13)27-11-14-4-3-5-16(23)20(14)22/h2-10H,1,11H2,(H,26,27). The molecular weight excluding hydrogens is 405 g/mol. The van der Waals surface area contributed by atoms with Crippen molar-refractivity contribution in [1.82, 2.24) is 4.98 Å². The van der Waals surface area contributed by atoms with Gasteiger partial charge in [-0.1, -0.05) is 36.4 Å². The third kappa shape index (κ3) is 3.86. The number of ether oxygens (including phenoxy) is 2. The minimum absolute atomic E-state index is 0.0492. The van der Waals surface area contributed by atoms with E-state index in [4.69, 9.17) is 11.6 Å². The van der Waals surface area contributed by atoms with Gasteiger partial charge in [0, 0.05) is 18.3 Å². The molecule has 0 atom stereocenters. The van der Waals surface area contributed by atoms with Gasteiger partial charge in [0.2, 0.25) is 0 Å². The van der Waals surface area contributed by atoms with Crippen molar-refractivity contribution in [3.8, 4) is 22.6 Å². The van der Waals surface area contributed by atoms with Gasteiger partial charge in [0.15, 0.2) is 11.5 Å². The lowest BCUT2D eigenvalue weighted by Gasteiger charge is -2.10. The van der Waals surface area contributed by atoms with Crippen molar-refractivity contribution in [3.05, 3.63) is 77.2 Å². The zero-order chi connectivity index (χ0) is 20.6. The van der Waals surface area contributed by atoms with Crippen LogP contribution >= 0.6 is 11.6 Å². The average Bonchev–Trinajstić information content (AvgIpc) is 3.01. The van der Waals surface area contributed by atoms with Crippen molar-refractivity contribution in [2.24, 2.45) is 0 Å². The van der Waals surface area contributed by atoms with Crippen molar-refractivity contribution in [3.63, 3.8) is 0 Å². The molecule has 4 nitrogen and oxygen atoms in total. The summed E-state index contributed by atoms with van der Waals surface area (Å²) in [4.78, 5) is 4.32. The lowest BCUT2D eigenvalue weighted by molar-refractivity contribution is -0.286. The Bertz CT molecular complexity index is 1090. The number of hydrogen-bond donors (Lipinski definition) is 1. The summed E-state index contributed by atoms with van der Waals surface area (Å²) in [6.45, 7) is 4.01. The molecule has 1 aliphatic heterocycles. The van der Waals surface area contributed by atoms with Gasteiger partial charge in [-0.05, 0) is 47.0 Å². The fourth-order valence-corrected chi connectivity index (χ4v) is 3.15. The number of alkyl halides is 2. The maximum Gasteiger partial charge on any atom is 0.586 e. The molecule has 0 saturated heterocycles. The summed E-state index contributed by atoms with van der Waals surface area (Å²) >= 11 is 5.94. The van der Waals surface area contributed by atoms with Crippen LogP contribution in [0.25, 0.3) is 17.2 Å². The zero-order valence-corrected chi connectivity index (χ0v) is 15.6. The van der Waals surface area contributed by atoms with E-state index in [1.54, 1.807) is 30.5 Å². The summed E-state index contributed by atoms with van der Waals surface area (Å²) in [7, 11) is 0. The number of hydrogen-bond acceptors (Lipinski definition) is 4. The number of benzene rings is 2. The fourth-order valence-electron chi connectivity index (χ4n) is 2.96. The van der Waals surface area contributed by atoms with E-state index in [2.05, 4.69) is 26.4 Å². The first-order chi connectivity index (χ1) is 13.9. The summed E-state index contributed by atoms with van der Waals surface area (Å²) in [6.07, 6.45) is -0.574. The Kier molecular flexibility index (Phi) is 4.84. The monoisotopic (exact) mass is 418 g/mol. The highest BCUT2D eigenvalue weighted by Gasteiger charge is 2.43. The molecule has 0 aliphatic carbocycles. The Morgan fingerprint density at radius 3 is 2.59 bits per heavy atom. The molecule has 4 rings (SSSR count). The Labute approximate surface area is 169 Å². The van der Waals surface area contributed by atoms with Gasteiger partial charge in [-0.25, -0.2) is 9.37 Å². The number of nitrogens with one attached hydrogen (secondary N) is 1. The van der Waals surface area contributed by atoms with Crippen molar-refractivity contribution in [1.29, 1.82) is 0 Å². The maximum absolute atomic E-state index is 13.5. The van der Waals surface area contributed by atoms with Crippen molar-refractivity contribution in [2.45, 2.75) is 12.8 Å². The van der Waals surface area contributed by atoms with E-state index in [0.717, 1.165) is 0 Å². The molecule has 3 aromatic rings. The molecule has 0 amide bonds. The normalized spacial score (nSPS) is 13.9. The summed E-state index contributed by atoms with van der Waals surface area (Å²) in [5.74, 6) is -0.0495. The van der Waals surface area contributed by atoms with E-state index < -0.39 is 12.1 Å². The van der Waals surface area contributed by atoms with Crippen molar-refractivity contribution in [2.75, 3.05) is 5.32 Å². The minimum Gasteiger partial charge on any atom is -0.395 e. The molecule has 0 saturated carbocycles. The Balaban J connectivity index is 1.55. The number of nitrogens with zero attached hydrogens (tertiary/aromatic N) is 1. The van der Waals surface area contributed by atoms with Gasteiger partial charge in [-0.15, -0.1) is 8.78 Å². The summed E-state index contributed by atoms with van der Waals surface area (Å²) in [5.41, 5.74) is 2.49. The molecule has 148 valence electrons. The van der Waals surface area contributed by atoms with Gasteiger partial charge in [0.1, 0.15) is 11.6 Å². The van der Waals surface area contributed by atoms with Crippen LogP contribution in [-0.4, -0.2) is 11.3 Å². The maximum atomic E-state index is 13.5. The SMILES string of the molecule is C=Cc1cc2c(cc1-c1ccc(NCc3cccc(F)c3Cl)nc1)OC(F)(F)O2. The predicted octanol–water partition coefficient (Wildman–Crippen LogP) is 6.12. The van der Waals surface area contributed by atoms with Crippen LogP contribution in [0.15, 0.2) is 55.2 Å². The van der Waals surface area contributed by atoms with Crippen LogP contribution in [0.1, 0.15) is 11.1 Å². The molecule has 29 heavy (non-hydrogen) atoms. The topological polar surface area (TPSA) is 43.4 Å². The number of rotatable bonds is 5. The van der Waals surface area contributed by atoms with Crippen molar-refractivity contribution < 1.29 is 22.6 Å². The third-order valence-electron chi connectivity index (χ3n) is 4.36. The molecular formula is C21H14ClF3N2O2. The van der Waals surface area contributed by atoms with E-state index in [9.17, 15) is 13.2 Å². The molecule has 0 bridgehead atoms. The van der Waals surface area contributed by atoms with Gasteiger partial charge in [-0.2, -0.15) is 0 Å². The van der Waals surface area contributed by atoms with E-state index in [1.807, 2.05) is 0 Å². The summed E-state index contributed by atoms with van der Waals surface area (Å²) < 4.78 is 49.1. The number of fused-ring (bicyclic) bond motifs is 1. The second kappa shape index (κ2) is 7.33. The van der Waals surface area contributed by atoms with Crippen LogP contribution in [-0.2, 0) is 6.54 Å². The zero-order valence-electron chi connectivity index (χ0n) is 14.9. The first kappa shape index (κ1) is 19.1. The van der Waals surface area contributed by atoms with E-state index in [0.29, 0.717) is 34.6 Å². The quantitative estimate of drug-likeness (QED) is 0.542. The third-order valence-corrected chi connectivity index (χ3v) is 4.78. The molecule has 0 spiro atoms. The average molecular weight is 419 g/mol. The predicted molar refractivity (Wildman–Crippen MR) is 105 cm³/mol. The molecule has 1 aliphatic rings. The van der Waals surface area contributed by atoms with Crippen LogP contribution in [0, 0.1) is 5.82 Å². The minimum atomic E-state index is -3.69. The highest BCUT2D eigenvalue weighted by Crippen LogP contribution is 2.44. The first-order valence-corrected chi connectivity index (χ1v) is 8.93. The number of aromatic nitrogens is 1. The molecule has 1 N–H and O–H groups in total. The van der Waals surface area contributed by atoms with Crippen LogP contribution in [0.2, 0.25) is 5.02 Å². The second-order valence-corrected chi connectivity index (χ2v) is 6.63. The van der Waals surface area contributed by atoms with Crippen LogP contribution in [0.5, 0.6) is 11.5 Å². The van der Waals surface area contributed by atoms with Crippen LogP contribution in [0.4, 0.5) is 19.0 Å². The fraction of sp³-hybridized carbons (Fsp3) is 0.0952. The van der Waals surface area contributed by atoms with Crippen molar-refractivity contribution >= 4 is 23.5 Å². The van der Waals surface area contributed by atoms with E-state index in [1.165, 1.54) is 24.3 Å². The molecule has 2 heterocycles. The molecule has 0 radical (unpaired) electrons. The Morgan fingerprint density at radius 1 is 1.14 bits per heavy atom. The van der Waals surface area contributed by atoms with E-state index >= 15 is 0 Å². The van der Waals surface area contributed by atoms with Gasteiger partial charge in [0.25, 0.3) is 0 Å². The van der Waals surface area contributed by atoms with Crippen LogP contribution in [0.3, 0.4) is 0 Å². The lowest BCUT2D eigenvalue weighted by atomic mass is 10.00. The molecule has 1 aromatic heterocycles. The molecule has 0 fully saturated rings. The molecule has 8 heteroatoms. The van der Waals surface area contributed by atoms with Gasteiger partial charge in [-0.3, -0.25) is 0 Å². The van der Waals surface area contributed by atoms with Gasteiger partial charge < -0.3 is 14.8 Å². The molecule has 2 aromatic carbocycles. The lowest BCUT2D eigenvalue weighted by Crippen LogP contribution is -2.25. The summed E-state index contributed by atoms with van der Waals surface area (Å²) in [6, 6.07) is 11.0. The van der Waals surface area contributed by atoms with Gasteiger partial charge >= 0.3 is 6.29 Å².